The molecule has 27 heavy (non-hydrogen) atoms. The Morgan fingerprint density at radius 1 is 1.15 bits per heavy atom. The lowest BCUT2D eigenvalue weighted by atomic mass is 9.85. The monoisotopic (exact) mass is 376 g/mol. The highest BCUT2D eigenvalue weighted by molar-refractivity contribution is 5.68. The van der Waals surface area contributed by atoms with Crippen LogP contribution in [0.3, 0.4) is 0 Å². The zero-order chi connectivity index (χ0) is 19.4. The average molecular weight is 377 g/mol. The first-order chi connectivity index (χ1) is 12.8. The summed E-state index contributed by atoms with van der Waals surface area (Å²) < 4.78 is 19.4. The first-order valence-electron chi connectivity index (χ1n) is 10.3. The van der Waals surface area contributed by atoms with E-state index in [4.69, 9.17) is 4.74 Å². The average Bonchev–Trinajstić information content (AvgIpc) is 3.13. The molecule has 0 spiro atoms. The van der Waals surface area contributed by atoms with Crippen LogP contribution in [0, 0.1) is 5.82 Å². The molecule has 0 atom stereocenters. The number of hydrogen-bond donors (Lipinski definition) is 0. The number of rotatable bonds is 4. The summed E-state index contributed by atoms with van der Waals surface area (Å²) in [5.41, 5.74) is 1.93. The van der Waals surface area contributed by atoms with E-state index in [1.165, 1.54) is 31.5 Å². The summed E-state index contributed by atoms with van der Waals surface area (Å²) in [6, 6.07) is 5.26. The quantitative estimate of drug-likeness (QED) is 0.771. The van der Waals surface area contributed by atoms with E-state index in [-0.39, 0.29) is 11.9 Å². The minimum absolute atomic E-state index is 0.163. The number of likely N-dealkylation sites (tertiary alicyclic amines) is 2. The lowest BCUT2D eigenvalue weighted by Crippen LogP contribution is -2.41. The van der Waals surface area contributed by atoms with Gasteiger partial charge in [0.1, 0.15) is 11.4 Å². The Hall–Kier alpha value is -1.62. The van der Waals surface area contributed by atoms with Crippen LogP contribution in [0.1, 0.15) is 63.5 Å². The van der Waals surface area contributed by atoms with Gasteiger partial charge in [0.05, 0.1) is 0 Å². The van der Waals surface area contributed by atoms with Crippen molar-refractivity contribution in [1.82, 2.24) is 9.80 Å². The third-order valence-electron chi connectivity index (χ3n) is 5.59. The summed E-state index contributed by atoms with van der Waals surface area (Å²) in [6.45, 7) is 10.4. The molecule has 0 saturated carbocycles. The van der Waals surface area contributed by atoms with Crippen LogP contribution in [0.2, 0.25) is 0 Å². The fraction of sp³-hybridized carbons (Fsp3) is 0.682. The summed E-state index contributed by atoms with van der Waals surface area (Å²) in [6.07, 6.45) is 5.04. The maximum atomic E-state index is 13.9. The van der Waals surface area contributed by atoms with Crippen LogP contribution in [-0.4, -0.2) is 54.2 Å². The molecule has 3 rings (SSSR count). The molecular weight excluding hydrogens is 343 g/mol. The lowest BCUT2D eigenvalue weighted by molar-refractivity contribution is 0.0204. The summed E-state index contributed by atoms with van der Waals surface area (Å²) in [7, 11) is 0. The van der Waals surface area contributed by atoms with Gasteiger partial charge in [-0.2, -0.15) is 0 Å². The number of nitrogens with zero attached hydrogens (tertiary/aromatic N) is 2. The number of halogens is 1. The molecule has 5 heteroatoms. The molecule has 1 aromatic rings. The number of amides is 1. The normalized spacial score (nSPS) is 19.5. The van der Waals surface area contributed by atoms with Crippen molar-refractivity contribution < 1.29 is 13.9 Å². The number of benzene rings is 1. The van der Waals surface area contributed by atoms with Crippen LogP contribution >= 0.6 is 0 Å². The largest absolute Gasteiger partial charge is 0.444 e. The van der Waals surface area contributed by atoms with Gasteiger partial charge in [-0.25, -0.2) is 9.18 Å². The standard InChI is InChI=1S/C22H33FN2O2/c1-22(2,3)27-21(26)25-14-9-18(10-15-25)20-16-19(23)7-6-17(20)8-13-24-11-4-5-12-24/h6-7,16,18H,4-5,8-15H2,1-3H3. The molecule has 0 unspecified atom stereocenters. The smallest absolute Gasteiger partial charge is 0.410 e. The van der Waals surface area contributed by atoms with Crippen LogP contribution < -0.4 is 0 Å². The summed E-state index contributed by atoms with van der Waals surface area (Å²) in [4.78, 5) is 16.5. The second kappa shape index (κ2) is 8.59. The molecular formula is C22H33FN2O2. The van der Waals surface area contributed by atoms with Crippen molar-refractivity contribution in [1.29, 1.82) is 0 Å². The van der Waals surface area contributed by atoms with E-state index >= 15 is 0 Å². The molecule has 2 heterocycles. The second-order valence-electron chi connectivity index (χ2n) is 8.88. The van der Waals surface area contributed by atoms with Crippen molar-refractivity contribution in [3.63, 3.8) is 0 Å². The van der Waals surface area contributed by atoms with E-state index < -0.39 is 5.60 Å². The van der Waals surface area contributed by atoms with Gasteiger partial charge in [-0.05, 0) is 95.1 Å². The van der Waals surface area contributed by atoms with Crippen molar-refractivity contribution in [2.75, 3.05) is 32.7 Å². The zero-order valence-electron chi connectivity index (χ0n) is 17.0. The molecule has 2 aliphatic heterocycles. The van der Waals surface area contributed by atoms with E-state index in [2.05, 4.69) is 4.90 Å². The minimum Gasteiger partial charge on any atom is -0.444 e. The van der Waals surface area contributed by atoms with Crippen LogP contribution in [0.4, 0.5) is 9.18 Å². The first kappa shape index (κ1) is 20.1. The van der Waals surface area contributed by atoms with Gasteiger partial charge < -0.3 is 14.5 Å². The van der Waals surface area contributed by atoms with Crippen LogP contribution in [0.25, 0.3) is 0 Å². The zero-order valence-corrected chi connectivity index (χ0v) is 17.0. The van der Waals surface area contributed by atoms with E-state index in [1.807, 2.05) is 26.8 Å². The maximum absolute atomic E-state index is 13.9. The number of carbonyl (C=O) groups excluding carboxylic acids is 1. The highest BCUT2D eigenvalue weighted by Crippen LogP contribution is 2.32. The third-order valence-corrected chi connectivity index (χ3v) is 5.59. The topological polar surface area (TPSA) is 32.8 Å². The number of carbonyl (C=O) groups is 1. The van der Waals surface area contributed by atoms with Crippen LogP contribution in [-0.2, 0) is 11.2 Å². The summed E-state index contributed by atoms with van der Waals surface area (Å²) in [5, 5.41) is 0. The third kappa shape index (κ3) is 5.68. The van der Waals surface area contributed by atoms with E-state index in [1.54, 1.807) is 17.0 Å². The van der Waals surface area contributed by atoms with Gasteiger partial charge >= 0.3 is 6.09 Å². The van der Waals surface area contributed by atoms with Crippen molar-refractivity contribution in [2.24, 2.45) is 0 Å². The number of piperidine rings is 1. The van der Waals surface area contributed by atoms with Crippen molar-refractivity contribution in [3.8, 4) is 0 Å². The first-order valence-corrected chi connectivity index (χ1v) is 10.3. The van der Waals surface area contributed by atoms with E-state index in [9.17, 15) is 9.18 Å². The predicted molar refractivity (Wildman–Crippen MR) is 106 cm³/mol. The molecule has 0 radical (unpaired) electrons. The van der Waals surface area contributed by atoms with Crippen molar-refractivity contribution in [2.45, 2.75) is 64.4 Å². The maximum Gasteiger partial charge on any atom is 0.410 e. The fourth-order valence-electron chi connectivity index (χ4n) is 4.16. The Morgan fingerprint density at radius 2 is 1.81 bits per heavy atom. The predicted octanol–water partition coefficient (Wildman–Crippen LogP) is 4.58. The number of ether oxygens (including phenoxy) is 1. The Bertz CT molecular complexity index is 642. The molecule has 0 N–H and O–H groups in total. The lowest BCUT2D eigenvalue weighted by Gasteiger charge is -2.34. The summed E-state index contributed by atoms with van der Waals surface area (Å²) in [5.74, 6) is 0.150. The van der Waals surface area contributed by atoms with E-state index in [0.29, 0.717) is 19.0 Å². The van der Waals surface area contributed by atoms with Gasteiger partial charge in [-0.3, -0.25) is 0 Å². The molecule has 4 nitrogen and oxygen atoms in total. The van der Waals surface area contributed by atoms with E-state index in [0.717, 1.165) is 31.4 Å². The van der Waals surface area contributed by atoms with Gasteiger partial charge in [0.2, 0.25) is 0 Å². The molecule has 150 valence electrons. The Morgan fingerprint density at radius 3 is 2.44 bits per heavy atom. The van der Waals surface area contributed by atoms with Crippen molar-refractivity contribution in [3.05, 3.63) is 35.1 Å². The molecule has 1 aromatic carbocycles. The highest BCUT2D eigenvalue weighted by atomic mass is 19.1. The Labute approximate surface area is 162 Å². The van der Waals surface area contributed by atoms with Gasteiger partial charge in [0.15, 0.2) is 0 Å². The van der Waals surface area contributed by atoms with Crippen LogP contribution in [0.15, 0.2) is 18.2 Å². The summed E-state index contributed by atoms with van der Waals surface area (Å²) >= 11 is 0. The van der Waals surface area contributed by atoms with Gasteiger partial charge in [0, 0.05) is 19.6 Å². The van der Waals surface area contributed by atoms with Gasteiger partial charge in [-0.1, -0.05) is 6.07 Å². The van der Waals surface area contributed by atoms with Crippen LogP contribution in [0.5, 0.6) is 0 Å². The second-order valence-corrected chi connectivity index (χ2v) is 8.88. The van der Waals surface area contributed by atoms with Crippen molar-refractivity contribution >= 4 is 6.09 Å². The Balaban J connectivity index is 1.61. The van der Waals surface area contributed by atoms with Gasteiger partial charge in [0.25, 0.3) is 0 Å². The molecule has 0 aliphatic carbocycles. The minimum atomic E-state index is -0.473. The molecule has 1 amide bonds. The van der Waals surface area contributed by atoms with Gasteiger partial charge in [-0.15, -0.1) is 0 Å². The molecule has 2 aliphatic rings. The molecule has 2 saturated heterocycles. The fourth-order valence-corrected chi connectivity index (χ4v) is 4.16. The SMILES string of the molecule is CC(C)(C)OC(=O)N1CCC(c2cc(F)ccc2CCN2CCCC2)CC1. The Kier molecular flexibility index (Phi) is 6.40. The number of hydrogen-bond acceptors (Lipinski definition) is 3. The molecule has 2 fully saturated rings. The molecule has 0 bridgehead atoms. The highest BCUT2D eigenvalue weighted by Gasteiger charge is 2.28. The molecule has 0 aromatic heterocycles.